The molecule has 2 nitrogen and oxygen atoms in total. The number of benzene rings is 3. The van der Waals surface area contributed by atoms with Gasteiger partial charge in [-0.1, -0.05) is 54.6 Å². The molecular formula is C23H21NO. The van der Waals surface area contributed by atoms with E-state index >= 15 is 0 Å². The lowest BCUT2D eigenvalue weighted by Gasteiger charge is -2.12. The van der Waals surface area contributed by atoms with Crippen LogP contribution >= 0.6 is 0 Å². The van der Waals surface area contributed by atoms with E-state index in [0.29, 0.717) is 5.56 Å². The van der Waals surface area contributed by atoms with Crippen molar-refractivity contribution in [2.45, 2.75) is 13.8 Å². The van der Waals surface area contributed by atoms with E-state index in [-0.39, 0.29) is 5.75 Å². The predicted octanol–water partition coefficient (Wildman–Crippen LogP) is 5.82. The average Bonchev–Trinajstić information content (AvgIpc) is 2.63. The van der Waals surface area contributed by atoms with Gasteiger partial charge in [0.1, 0.15) is 5.75 Å². The van der Waals surface area contributed by atoms with Gasteiger partial charge >= 0.3 is 0 Å². The van der Waals surface area contributed by atoms with Crippen LogP contribution in [-0.2, 0) is 0 Å². The smallest absolute Gasteiger partial charge is 0.132 e. The molecule has 3 aromatic rings. The van der Waals surface area contributed by atoms with E-state index in [4.69, 9.17) is 0 Å². The van der Waals surface area contributed by atoms with Crippen molar-refractivity contribution in [1.82, 2.24) is 0 Å². The Bertz CT molecular complexity index is 922. The summed E-state index contributed by atoms with van der Waals surface area (Å²) in [6, 6.07) is 21.7. The molecule has 0 fully saturated rings. The van der Waals surface area contributed by atoms with Crippen molar-refractivity contribution in [1.29, 1.82) is 0 Å². The van der Waals surface area contributed by atoms with Crippen molar-refractivity contribution in [3.63, 3.8) is 0 Å². The summed E-state index contributed by atoms with van der Waals surface area (Å²) in [5.41, 5.74) is 6.31. The van der Waals surface area contributed by atoms with E-state index in [1.165, 1.54) is 5.56 Å². The molecule has 0 aliphatic rings. The van der Waals surface area contributed by atoms with E-state index in [0.717, 1.165) is 28.0 Å². The Morgan fingerprint density at radius 3 is 2.28 bits per heavy atom. The molecule has 3 aromatic carbocycles. The van der Waals surface area contributed by atoms with Crippen LogP contribution in [-0.4, -0.2) is 11.3 Å². The third kappa shape index (κ3) is 3.86. The summed E-state index contributed by atoms with van der Waals surface area (Å²) >= 11 is 0. The molecule has 0 unspecified atom stereocenters. The van der Waals surface area contributed by atoms with Crippen molar-refractivity contribution in [2.75, 3.05) is 0 Å². The Morgan fingerprint density at radius 1 is 0.920 bits per heavy atom. The van der Waals surface area contributed by atoms with E-state index in [1.54, 1.807) is 6.21 Å². The molecule has 0 saturated heterocycles. The fourth-order valence-corrected chi connectivity index (χ4v) is 2.71. The lowest BCUT2D eigenvalue weighted by atomic mass is 9.95. The first kappa shape index (κ1) is 16.7. The van der Waals surface area contributed by atoms with Crippen LogP contribution in [0.4, 0.5) is 5.69 Å². The molecule has 0 aromatic heterocycles. The second-order valence-electron chi connectivity index (χ2n) is 6.19. The molecule has 3 rings (SSSR count). The predicted molar refractivity (Wildman–Crippen MR) is 106 cm³/mol. The highest BCUT2D eigenvalue weighted by Gasteiger charge is 2.11. The van der Waals surface area contributed by atoms with Gasteiger partial charge in [-0.15, -0.1) is 0 Å². The minimum Gasteiger partial charge on any atom is -0.507 e. The number of hydrogen-bond acceptors (Lipinski definition) is 2. The molecule has 0 aliphatic heterocycles. The molecule has 0 radical (unpaired) electrons. The number of aliphatic imine (C=N–C) groups is 1. The Hall–Kier alpha value is -3.13. The summed E-state index contributed by atoms with van der Waals surface area (Å²) in [5.74, 6) is 0.204. The summed E-state index contributed by atoms with van der Waals surface area (Å²) in [6.07, 6.45) is 1.70. The van der Waals surface area contributed by atoms with Gasteiger partial charge < -0.3 is 5.11 Å². The van der Waals surface area contributed by atoms with Crippen LogP contribution in [0.1, 0.15) is 27.8 Å². The number of aromatic hydroxyl groups is 1. The molecule has 0 spiro atoms. The molecule has 2 heteroatoms. The van der Waals surface area contributed by atoms with E-state index in [2.05, 4.69) is 11.6 Å². The maximum atomic E-state index is 10.7. The zero-order chi connectivity index (χ0) is 17.8. The third-order valence-electron chi connectivity index (χ3n) is 4.12. The summed E-state index contributed by atoms with van der Waals surface area (Å²) in [5, 5.41) is 10.7. The van der Waals surface area contributed by atoms with Crippen molar-refractivity contribution in [3.8, 4) is 5.75 Å². The first-order valence-electron chi connectivity index (χ1n) is 8.23. The lowest BCUT2D eigenvalue weighted by molar-refractivity contribution is 0.472. The Morgan fingerprint density at radius 2 is 1.60 bits per heavy atom. The molecule has 124 valence electrons. The monoisotopic (exact) mass is 327 g/mol. The van der Waals surface area contributed by atoms with Gasteiger partial charge in [-0.25, -0.2) is 0 Å². The van der Waals surface area contributed by atoms with Crippen LogP contribution in [0.15, 0.2) is 78.3 Å². The summed E-state index contributed by atoms with van der Waals surface area (Å²) in [6.45, 7) is 8.21. The van der Waals surface area contributed by atoms with Crippen LogP contribution < -0.4 is 0 Å². The number of phenolic OH excluding ortho intramolecular Hbond substituents is 1. The number of rotatable bonds is 4. The zero-order valence-corrected chi connectivity index (χ0v) is 14.5. The minimum absolute atomic E-state index is 0.204. The number of nitrogens with zero attached hydrogens (tertiary/aromatic N) is 1. The molecule has 1 N–H and O–H groups in total. The summed E-state index contributed by atoms with van der Waals surface area (Å²) < 4.78 is 0. The number of aryl methyl sites for hydroxylation is 2. The molecule has 0 heterocycles. The number of phenols is 1. The van der Waals surface area contributed by atoms with Gasteiger partial charge in [0.05, 0.1) is 5.69 Å². The molecule has 0 amide bonds. The van der Waals surface area contributed by atoms with Gasteiger partial charge in [0.2, 0.25) is 0 Å². The zero-order valence-electron chi connectivity index (χ0n) is 14.5. The molecular weight excluding hydrogens is 306 g/mol. The highest BCUT2D eigenvalue weighted by atomic mass is 16.3. The Kier molecular flexibility index (Phi) is 4.80. The van der Waals surface area contributed by atoms with Gasteiger partial charge in [-0.2, -0.15) is 0 Å². The Labute approximate surface area is 148 Å². The quantitative estimate of drug-likeness (QED) is 0.602. The normalized spacial score (nSPS) is 11.0. The van der Waals surface area contributed by atoms with Crippen LogP contribution in [0.2, 0.25) is 0 Å². The van der Waals surface area contributed by atoms with Gasteiger partial charge in [0.25, 0.3) is 0 Å². The highest BCUT2D eigenvalue weighted by Crippen LogP contribution is 2.32. The van der Waals surface area contributed by atoms with Gasteiger partial charge in [0, 0.05) is 17.3 Å². The topological polar surface area (TPSA) is 32.6 Å². The van der Waals surface area contributed by atoms with Crippen molar-refractivity contribution in [3.05, 3.63) is 101 Å². The molecule has 0 aliphatic carbocycles. The second-order valence-corrected chi connectivity index (χ2v) is 6.19. The van der Waals surface area contributed by atoms with Crippen molar-refractivity contribution < 1.29 is 5.11 Å². The summed E-state index contributed by atoms with van der Waals surface area (Å²) in [7, 11) is 0. The fraction of sp³-hybridized carbons (Fsp3) is 0.0870. The molecule has 0 atom stereocenters. The highest BCUT2D eigenvalue weighted by molar-refractivity contribution is 5.91. The van der Waals surface area contributed by atoms with E-state index in [9.17, 15) is 5.11 Å². The van der Waals surface area contributed by atoms with Crippen LogP contribution in [0, 0.1) is 13.8 Å². The van der Waals surface area contributed by atoms with Crippen molar-refractivity contribution >= 4 is 17.5 Å². The standard InChI is InChI=1S/C23H21NO/c1-16-9-11-21(12-10-16)24-15-20-13-17(2)14-22(23(20)25)18(3)19-7-5-4-6-8-19/h4-15,25H,3H2,1-2H3. The van der Waals surface area contributed by atoms with Crippen LogP contribution in [0.5, 0.6) is 5.75 Å². The van der Waals surface area contributed by atoms with Gasteiger partial charge in [-0.3, -0.25) is 4.99 Å². The third-order valence-corrected chi connectivity index (χ3v) is 4.12. The molecule has 0 saturated carbocycles. The first-order valence-corrected chi connectivity index (χ1v) is 8.23. The lowest BCUT2D eigenvalue weighted by Crippen LogP contribution is -1.93. The van der Waals surface area contributed by atoms with E-state index in [1.807, 2.05) is 80.6 Å². The van der Waals surface area contributed by atoms with Crippen LogP contribution in [0.3, 0.4) is 0 Å². The second kappa shape index (κ2) is 7.18. The SMILES string of the molecule is C=C(c1ccccc1)c1cc(C)cc(C=Nc2ccc(C)cc2)c1O. The van der Waals surface area contributed by atoms with Gasteiger partial charge in [0.15, 0.2) is 0 Å². The summed E-state index contributed by atoms with van der Waals surface area (Å²) in [4.78, 5) is 4.48. The first-order chi connectivity index (χ1) is 12.0. The molecule has 25 heavy (non-hydrogen) atoms. The minimum atomic E-state index is 0.204. The van der Waals surface area contributed by atoms with Gasteiger partial charge in [-0.05, 0) is 54.8 Å². The maximum Gasteiger partial charge on any atom is 0.132 e. The van der Waals surface area contributed by atoms with E-state index < -0.39 is 0 Å². The fourth-order valence-electron chi connectivity index (χ4n) is 2.71. The van der Waals surface area contributed by atoms with Crippen molar-refractivity contribution in [2.24, 2.45) is 4.99 Å². The molecule has 0 bridgehead atoms. The van der Waals surface area contributed by atoms with Crippen LogP contribution in [0.25, 0.3) is 5.57 Å². The largest absolute Gasteiger partial charge is 0.507 e. The maximum absolute atomic E-state index is 10.7. The average molecular weight is 327 g/mol. The number of hydrogen-bond donors (Lipinski definition) is 1. The Balaban J connectivity index is 1.97.